The normalized spacial score (nSPS) is 11.8. The Labute approximate surface area is 127 Å². The molecule has 4 heteroatoms. The molecule has 1 aromatic carbocycles. The van der Waals surface area contributed by atoms with Gasteiger partial charge in [-0.1, -0.05) is 37.3 Å². The molecule has 0 heterocycles. The van der Waals surface area contributed by atoms with Crippen molar-refractivity contribution < 1.29 is 9.59 Å². The summed E-state index contributed by atoms with van der Waals surface area (Å²) in [5.41, 5.74) is 1.21. The topological polar surface area (TPSA) is 49.4 Å². The summed E-state index contributed by atoms with van der Waals surface area (Å²) in [6.07, 6.45) is 2.09. The second-order valence-electron chi connectivity index (χ2n) is 5.31. The number of benzene rings is 1. The van der Waals surface area contributed by atoms with E-state index >= 15 is 0 Å². The van der Waals surface area contributed by atoms with Gasteiger partial charge in [0.25, 0.3) is 0 Å². The van der Waals surface area contributed by atoms with E-state index in [0.717, 1.165) is 12.8 Å². The van der Waals surface area contributed by atoms with Gasteiger partial charge in [-0.05, 0) is 25.3 Å². The molecular formula is C17H26N2O2. The average Bonchev–Trinajstić information content (AvgIpc) is 2.47. The Morgan fingerprint density at radius 2 is 1.90 bits per heavy atom. The van der Waals surface area contributed by atoms with Crippen molar-refractivity contribution in [1.29, 1.82) is 0 Å². The molecule has 0 fully saturated rings. The number of carbonyl (C=O) groups excluding carboxylic acids is 2. The van der Waals surface area contributed by atoms with Gasteiger partial charge in [-0.25, -0.2) is 0 Å². The van der Waals surface area contributed by atoms with E-state index in [-0.39, 0.29) is 17.9 Å². The van der Waals surface area contributed by atoms with Crippen molar-refractivity contribution in [2.45, 2.75) is 46.1 Å². The Morgan fingerprint density at radius 3 is 2.48 bits per heavy atom. The van der Waals surface area contributed by atoms with Crippen molar-refractivity contribution in [3.8, 4) is 0 Å². The monoisotopic (exact) mass is 290 g/mol. The lowest BCUT2D eigenvalue weighted by Crippen LogP contribution is -2.39. The van der Waals surface area contributed by atoms with E-state index in [1.165, 1.54) is 5.56 Å². The van der Waals surface area contributed by atoms with Crippen molar-refractivity contribution in [2.24, 2.45) is 0 Å². The molecule has 4 nitrogen and oxygen atoms in total. The fourth-order valence-corrected chi connectivity index (χ4v) is 2.21. The first-order valence-corrected chi connectivity index (χ1v) is 7.62. The molecule has 0 bridgehead atoms. The average molecular weight is 290 g/mol. The van der Waals surface area contributed by atoms with Gasteiger partial charge in [0.2, 0.25) is 11.8 Å². The first kappa shape index (κ1) is 17.2. The van der Waals surface area contributed by atoms with Gasteiger partial charge in [-0.2, -0.15) is 0 Å². The maximum atomic E-state index is 11.8. The maximum Gasteiger partial charge on any atom is 0.221 e. The predicted octanol–water partition coefficient (Wildman–Crippen LogP) is 2.38. The summed E-state index contributed by atoms with van der Waals surface area (Å²) in [6, 6.07) is 10.2. The van der Waals surface area contributed by atoms with Gasteiger partial charge in [0, 0.05) is 32.5 Å². The Bertz CT molecular complexity index is 445. The molecule has 1 aromatic rings. The third-order valence-electron chi connectivity index (χ3n) is 3.69. The molecule has 21 heavy (non-hydrogen) atoms. The molecule has 116 valence electrons. The van der Waals surface area contributed by atoms with E-state index in [2.05, 4.69) is 5.32 Å². The molecule has 0 spiro atoms. The van der Waals surface area contributed by atoms with E-state index in [9.17, 15) is 9.59 Å². The van der Waals surface area contributed by atoms with Crippen LogP contribution in [-0.2, 0) is 16.0 Å². The van der Waals surface area contributed by atoms with Crippen LogP contribution >= 0.6 is 0 Å². The fraction of sp³-hybridized carbons (Fsp3) is 0.529. The summed E-state index contributed by atoms with van der Waals surface area (Å²) < 4.78 is 0. The first-order chi connectivity index (χ1) is 10.0. The summed E-state index contributed by atoms with van der Waals surface area (Å²) in [5.74, 6) is 0.0296. The summed E-state index contributed by atoms with van der Waals surface area (Å²) >= 11 is 0. The fourth-order valence-electron chi connectivity index (χ4n) is 2.21. The first-order valence-electron chi connectivity index (χ1n) is 7.62. The summed E-state index contributed by atoms with van der Waals surface area (Å²) in [6.45, 7) is 6.72. The lowest BCUT2D eigenvalue weighted by molar-refractivity contribution is -0.131. The Kier molecular flexibility index (Phi) is 7.51. The van der Waals surface area contributed by atoms with Crippen LogP contribution < -0.4 is 5.32 Å². The third-order valence-corrected chi connectivity index (χ3v) is 3.69. The van der Waals surface area contributed by atoms with E-state index in [1.54, 1.807) is 11.8 Å². The number of nitrogens with zero attached hydrogens (tertiary/aromatic N) is 1. The van der Waals surface area contributed by atoms with Crippen molar-refractivity contribution in [3.05, 3.63) is 35.9 Å². The molecular weight excluding hydrogens is 264 g/mol. The van der Waals surface area contributed by atoms with Crippen LogP contribution in [0.15, 0.2) is 30.3 Å². The van der Waals surface area contributed by atoms with Gasteiger partial charge in [0.15, 0.2) is 0 Å². The number of rotatable bonds is 8. The van der Waals surface area contributed by atoms with Crippen molar-refractivity contribution in [2.75, 3.05) is 13.1 Å². The quantitative estimate of drug-likeness (QED) is 0.799. The van der Waals surface area contributed by atoms with Crippen LogP contribution in [0, 0.1) is 0 Å². The molecule has 0 saturated heterocycles. The smallest absolute Gasteiger partial charge is 0.221 e. The van der Waals surface area contributed by atoms with Gasteiger partial charge in [0.1, 0.15) is 0 Å². The summed E-state index contributed by atoms with van der Waals surface area (Å²) in [7, 11) is 0. The van der Waals surface area contributed by atoms with E-state index < -0.39 is 0 Å². The molecule has 1 atom stereocenters. The van der Waals surface area contributed by atoms with Crippen molar-refractivity contribution >= 4 is 11.8 Å². The molecule has 0 radical (unpaired) electrons. The minimum absolute atomic E-state index is 0.000448. The van der Waals surface area contributed by atoms with Crippen LogP contribution in [0.2, 0.25) is 0 Å². The minimum atomic E-state index is 0.000448. The molecule has 1 unspecified atom stereocenters. The highest BCUT2D eigenvalue weighted by Gasteiger charge is 2.15. The van der Waals surface area contributed by atoms with Crippen LogP contribution in [0.4, 0.5) is 0 Å². The number of hydrogen-bond acceptors (Lipinski definition) is 2. The molecule has 0 aliphatic rings. The zero-order valence-electron chi connectivity index (χ0n) is 13.3. The molecule has 0 aliphatic carbocycles. The number of hydrogen-bond donors (Lipinski definition) is 1. The van der Waals surface area contributed by atoms with Crippen molar-refractivity contribution in [1.82, 2.24) is 10.2 Å². The Morgan fingerprint density at radius 1 is 1.24 bits per heavy atom. The highest BCUT2D eigenvalue weighted by molar-refractivity contribution is 5.78. The van der Waals surface area contributed by atoms with Crippen LogP contribution in [0.25, 0.3) is 0 Å². The van der Waals surface area contributed by atoms with Gasteiger partial charge in [-0.3, -0.25) is 9.59 Å². The molecule has 1 rings (SSSR count). The maximum absolute atomic E-state index is 11.8. The van der Waals surface area contributed by atoms with E-state index in [4.69, 9.17) is 0 Å². The molecule has 0 aliphatic heterocycles. The van der Waals surface area contributed by atoms with Gasteiger partial charge in [-0.15, -0.1) is 0 Å². The second kappa shape index (κ2) is 9.16. The lowest BCUT2D eigenvalue weighted by Gasteiger charge is -2.27. The number of nitrogens with one attached hydrogen (secondary N) is 1. The molecule has 1 N–H and O–H groups in total. The largest absolute Gasteiger partial charge is 0.356 e. The second-order valence-corrected chi connectivity index (χ2v) is 5.31. The van der Waals surface area contributed by atoms with Gasteiger partial charge < -0.3 is 10.2 Å². The highest BCUT2D eigenvalue weighted by Crippen LogP contribution is 2.05. The van der Waals surface area contributed by atoms with Crippen LogP contribution in [0.1, 0.15) is 39.2 Å². The summed E-state index contributed by atoms with van der Waals surface area (Å²) in [4.78, 5) is 25.1. The zero-order chi connectivity index (χ0) is 15.7. The van der Waals surface area contributed by atoms with Gasteiger partial charge in [0.05, 0.1) is 0 Å². The standard InChI is InChI=1S/C17H26N2O2/c1-4-14(2)19(15(3)20)13-11-17(21)18-12-10-16-8-6-5-7-9-16/h5-9,14H,4,10-13H2,1-3H3,(H,18,21). The predicted molar refractivity (Wildman–Crippen MR) is 84.9 cm³/mol. The Balaban J connectivity index is 2.28. The van der Waals surface area contributed by atoms with Crippen molar-refractivity contribution in [3.63, 3.8) is 0 Å². The zero-order valence-corrected chi connectivity index (χ0v) is 13.3. The van der Waals surface area contributed by atoms with E-state index in [1.807, 2.05) is 44.2 Å². The molecule has 2 amide bonds. The molecule has 0 saturated carbocycles. The summed E-state index contributed by atoms with van der Waals surface area (Å²) in [5, 5.41) is 2.91. The van der Waals surface area contributed by atoms with Crippen LogP contribution in [0.3, 0.4) is 0 Å². The molecule has 0 aromatic heterocycles. The lowest BCUT2D eigenvalue weighted by atomic mass is 10.1. The van der Waals surface area contributed by atoms with Gasteiger partial charge >= 0.3 is 0 Å². The third kappa shape index (κ3) is 6.43. The number of amides is 2. The SMILES string of the molecule is CCC(C)N(CCC(=O)NCCc1ccccc1)C(C)=O. The Hall–Kier alpha value is -1.84. The number of carbonyl (C=O) groups is 2. The van der Waals surface area contributed by atoms with Crippen LogP contribution in [-0.4, -0.2) is 35.8 Å². The van der Waals surface area contributed by atoms with E-state index in [0.29, 0.717) is 19.5 Å². The van der Waals surface area contributed by atoms with Crippen LogP contribution in [0.5, 0.6) is 0 Å². The highest BCUT2D eigenvalue weighted by atomic mass is 16.2. The minimum Gasteiger partial charge on any atom is -0.356 e.